The molecule has 1 amide bonds. The molecule has 0 atom stereocenters. The van der Waals surface area contributed by atoms with Crippen molar-refractivity contribution in [1.29, 1.82) is 0 Å². The Hall–Kier alpha value is -0.640. The van der Waals surface area contributed by atoms with Crippen LogP contribution in [0.3, 0.4) is 0 Å². The molecule has 0 bridgehead atoms. The van der Waals surface area contributed by atoms with Crippen LogP contribution in [0.1, 0.15) is 53.4 Å². The molecule has 0 spiro atoms. The summed E-state index contributed by atoms with van der Waals surface area (Å²) in [7, 11) is 0. The summed E-state index contributed by atoms with van der Waals surface area (Å²) in [5, 5.41) is 3.19. The highest BCUT2D eigenvalue weighted by Crippen LogP contribution is 2.62. The molecule has 0 aromatic heterocycles. The minimum atomic E-state index is -0.579. The number of nitrogens with two attached hydrogens (primary N) is 1. The van der Waals surface area contributed by atoms with E-state index in [4.69, 9.17) is 18.0 Å². The molecule has 2 aliphatic carbocycles. The highest BCUT2D eigenvalue weighted by molar-refractivity contribution is 7.80. The molecule has 102 valence electrons. The average molecular weight is 268 g/mol. The van der Waals surface area contributed by atoms with Crippen molar-refractivity contribution < 1.29 is 4.79 Å². The summed E-state index contributed by atoms with van der Waals surface area (Å²) in [5.41, 5.74) is 5.56. The zero-order valence-corrected chi connectivity index (χ0v) is 12.6. The minimum Gasteiger partial charge on any atom is -0.392 e. The molecule has 0 aliphatic heterocycles. The van der Waals surface area contributed by atoms with Gasteiger partial charge in [-0.1, -0.05) is 52.8 Å². The van der Waals surface area contributed by atoms with Crippen LogP contribution in [0.15, 0.2) is 0 Å². The van der Waals surface area contributed by atoms with Gasteiger partial charge in [-0.15, -0.1) is 0 Å². The number of thiocarbonyl (C=S) groups is 1. The fourth-order valence-electron chi connectivity index (χ4n) is 3.39. The van der Waals surface area contributed by atoms with Crippen LogP contribution in [0.4, 0.5) is 0 Å². The maximum Gasteiger partial charge on any atom is 0.233 e. The van der Waals surface area contributed by atoms with Gasteiger partial charge in [-0.25, -0.2) is 0 Å². The number of hydrogen-bond acceptors (Lipinski definition) is 2. The minimum absolute atomic E-state index is 0.0520. The maximum absolute atomic E-state index is 12.6. The standard InChI is InChI=1S/C14H24N2OS/c1-12(2)9(13(12,3)4)16-11(17)14(10(15)18)7-5-6-8-14/h9H,5-8H2,1-4H3,(H2,15,18)(H,16,17). The number of carbonyl (C=O) groups is 1. The molecule has 2 saturated carbocycles. The van der Waals surface area contributed by atoms with Gasteiger partial charge in [-0.05, 0) is 23.7 Å². The molecule has 0 heterocycles. The van der Waals surface area contributed by atoms with Crippen molar-refractivity contribution >= 4 is 23.1 Å². The van der Waals surface area contributed by atoms with Crippen molar-refractivity contribution in [2.45, 2.75) is 59.4 Å². The van der Waals surface area contributed by atoms with Crippen molar-refractivity contribution in [2.24, 2.45) is 22.0 Å². The Kier molecular flexibility index (Phi) is 3.01. The summed E-state index contributed by atoms with van der Waals surface area (Å²) in [6, 6.07) is 0.226. The first-order chi connectivity index (χ1) is 8.16. The van der Waals surface area contributed by atoms with Crippen LogP contribution in [0.25, 0.3) is 0 Å². The van der Waals surface area contributed by atoms with Crippen LogP contribution < -0.4 is 11.1 Å². The predicted molar refractivity (Wildman–Crippen MR) is 77.2 cm³/mol. The van der Waals surface area contributed by atoms with Gasteiger partial charge < -0.3 is 11.1 Å². The second-order valence-corrected chi connectivity index (χ2v) is 7.44. The number of nitrogens with one attached hydrogen (secondary N) is 1. The van der Waals surface area contributed by atoms with Gasteiger partial charge in [0.25, 0.3) is 0 Å². The molecule has 2 fully saturated rings. The number of amides is 1. The third-order valence-electron chi connectivity index (χ3n) is 5.66. The lowest BCUT2D eigenvalue weighted by Gasteiger charge is -2.26. The van der Waals surface area contributed by atoms with Crippen LogP contribution in [0.5, 0.6) is 0 Å². The van der Waals surface area contributed by atoms with Crippen molar-refractivity contribution in [3.63, 3.8) is 0 Å². The first-order valence-electron chi connectivity index (χ1n) is 6.77. The van der Waals surface area contributed by atoms with Crippen LogP contribution in [-0.2, 0) is 4.79 Å². The van der Waals surface area contributed by atoms with Gasteiger partial charge in [-0.2, -0.15) is 0 Å². The largest absolute Gasteiger partial charge is 0.392 e. The quantitative estimate of drug-likeness (QED) is 0.773. The lowest BCUT2D eigenvalue weighted by Crippen LogP contribution is -2.48. The summed E-state index contributed by atoms with van der Waals surface area (Å²) in [4.78, 5) is 12.9. The van der Waals surface area contributed by atoms with E-state index in [0.717, 1.165) is 25.7 Å². The van der Waals surface area contributed by atoms with Gasteiger partial charge in [0, 0.05) is 6.04 Å². The molecule has 0 saturated heterocycles. The lowest BCUT2D eigenvalue weighted by atomic mass is 9.85. The molecule has 0 aromatic rings. The van der Waals surface area contributed by atoms with E-state index in [0.29, 0.717) is 4.99 Å². The van der Waals surface area contributed by atoms with Gasteiger partial charge in [-0.3, -0.25) is 4.79 Å². The fraction of sp³-hybridized carbons (Fsp3) is 0.857. The Morgan fingerprint density at radius 3 is 1.94 bits per heavy atom. The zero-order valence-electron chi connectivity index (χ0n) is 11.8. The van der Waals surface area contributed by atoms with Crippen molar-refractivity contribution in [2.75, 3.05) is 0 Å². The van der Waals surface area contributed by atoms with Crippen molar-refractivity contribution in [3.8, 4) is 0 Å². The summed E-state index contributed by atoms with van der Waals surface area (Å²) >= 11 is 5.15. The number of rotatable bonds is 3. The highest BCUT2D eigenvalue weighted by Gasteiger charge is 2.66. The summed E-state index contributed by atoms with van der Waals surface area (Å²) in [6.45, 7) is 8.78. The Balaban J connectivity index is 2.11. The molecule has 18 heavy (non-hydrogen) atoms. The van der Waals surface area contributed by atoms with Crippen molar-refractivity contribution in [3.05, 3.63) is 0 Å². The lowest BCUT2D eigenvalue weighted by molar-refractivity contribution is -0.127. The predicted octanol–water partition coefficient (Wildman–Crippen LogP) is 2.38. The second kappa shape index (κ2) is 3.92. The van der Waals surface area contributed by atoms with Crippen LogP contribution in [-0.4, -0.2) is 16.9 Å². The third kappa shape index (κ3) is 1.68. The molecule has 0 radical (unpaired) electrons. The van der Waals surface area contributed by atoms with Gasteiger partial charge in [0.1, 0.15) is 0 Å². The van der Waals surface area contributed by atoms with Gasteiger partial charge in [0.15, 0.2) is 0 Å². The van der Waals surface area contributed by atoms with Crippen LogP contribution >= 0.6 is 12.2 Å². The van der Waals surface area contributed by atoms with E-state index >= 15 is 0 Å². The van der Waals surface area contributed by atoms with Gasteiger partial charge in [0.2, 0.25) is 5.91 Å². The highest BCUT2D eigenvalue weighted by atomic mass is 32.1. The van der Waals surface area contributed by atoms with Gasteiger partial charge in [0.05, 0.1) is 10.4 Å². The molecule has 3 N–H and O–H groups in total. The maximum atomic E-state index is 12.6. The Labute approximate surface area is 115 Å². The summed E-state index contributed by atoms with van der Waals surface area (Å²) in [6.07, 6.45) is 3.70. The van der Waals surface area contributed by atoms with E-state index in [1.807, 2.05) is 0 Å². The Bertz CT molecular complexity index is 381. The van der Waals surface area contributed by atoms with E-state index in [-0.39, 0.29) is 22.8 Å². The molecule has 3 nitrogen and oxygen atoms in total. The molecular formula is C14H24N2OS. The number of carbonyl (C=O) groups excluding carboxylic acids is 1. The van der Waals surface area contributed by atoms with E-state index < -0.39 is 5.41 Å². The monoisotopic (exact) mass is 268 g/mol. The van der Waals surface area contributed by atoms with E-state index in [1.54, 1.807) is 0 Å². The third-order valence-corrected chi connectivity index (χ3v) is 6.05. The van der Waals surface area contributed by atoms with E-state index in [9.17, 15) is 4.79 Å². The van der Waals surface area contributed by atoms with Crippen molar-refractivity contribution in [1.82, 2.24) is 5.32 Å². The number of hydrogen-bond donors (Lipinski definition) is 2. The topological polar surface area (TPSA) is 55.1 Å². The zero-order chi connectivity index (χ0) is 13.8. The smallest absolute Gasteiger partial charge is 0.233 e. The molecule has 2 rings (SSSR count). The van der Waals surface area contributed by atoms with E-state index in [1.165, 1.54) is 0 Å². The van der Waals surface area contributed by atoms with Crippen LogP contribution in [0.2, 0.25) is 0 Å². The summed E-state index contributed by atoms with van der Waals surface area (Å²) < 4.78 is 0. The Morgan fingerprint density at radius 1 is 1.17 bits per heavy atom. The molecule has 2 aliphatic rings. The molecule has 0 aromatic carbocycles. The van der Waals surface area contributed by atoms with Crippen LogP contribution in [0, 0.1) is 16.2 Å². The Morgan fingerprint density at radius 2 is 1.61 bits per heavy atom. The van der Waals surface area contributed by atoms with Gasteiger partial charge >= 0.3 is 0 Å². The molecule has 4 heteroatoms. The first kappa shape index (κ1) is 13.8. The van der Waals surface area contributed by atoms with E-state index in [2.05, 4.69) is 33.0 Å². The summed E-state index contributed by atoms with van der Waals surface area (Å²) in [5.74, 6) is 0.0520. The second-order valence-electron chi connectivity index (χ2n) is 7.00. The normalized spacial score (nSPS) is 27.8. The first-order valence-corrected chi connectivity index (χ1v) is 7.18. The SMILES string of the molecule is CC1(C)C(NC(=O)C2(C(N)=S)CCCC2)C1(C)C. The fourth-order valence-corrected chi connectivity index (χ4v) is 3.69. The molecule has 0 unspecified atom stereocenters. The molecular weight excluding hydrogens is 244 g/mol. The average Bonchev–Trinajstić information content (AvgIpc) is 2.69.